The van der Waals surface area contributed by atoms with Gasteiger partial charge in [-0.3, -0.25) is 0 Å². The van der Waals surface area contributed by atoms with Gasteiger partial charge in [0.15, 0.2) is 11.6 Å². The van der Waals surface area contributed by atoms with Gasteiger partial charge in [0.2, 0.25) is 0 Å². The third-order valence-electron chi connectivity index (χ3n) is 2.77. The van der Waals surface area contributed by atoms with Crippen LogP contribution in [0.5, 0.6) is 11.5 Å². The minimum Gasteiger partial charge on any atom is -0.478 e. The van der Waals surface area contributed by atoms with E-state index in [-0.39, 0.29) is 5.75 Å². The van der Waals surface area contributed by atoms with E-state index in [1.54, 1.807) is 30.3 Å². The number of halogens is 2. The summed E-state index contributed by atoms with van der Waals surface area (Å²) in [6, 6.07) is 9.56. The zero-order chi connectivity index (χ0) is 15.4. The highest BCUT2D eigenvalue weighted by atomic mass is 79.9. The van der Waals surface area contributed by atoms with Crippen LogP contribution in [0.15, 0.2) is 46.9 Å². The van der Waals surface area contributed by atoms with Crippen LogP contribution in [0.4, 0.5) is 4.39 Å². The quantitative estimate of drug-likeness (QED) is 0.806. The largest absolute Gasteiger partial charge is 0.478 e. The van der Waals surface area contributed by atoms with Crippen LogP contribution in [-0.2, 0) is 4.79 Å². The molecule has 108 valence electrons. The van der Waals surface area contributed by atoms with Gasteiger partial charge in [-0.15, -0.1) is 0 Å². The molecule has 0 spiro atoms. The first kappa shape index (κ1) is 15.3. The first-order chi connectivity index (χ1) is 9.95. The molecule has 21 heavy (non-hydrogen) atoms. The van der Waals surface area contributed by atoms with Crippen molar-refractivity contribution in [2.24, 2.45) is 0 Å². The van der Waals surface area contributed by atoms with Crippen LogP contribution >= 0.6 is 15.9 Å². The highest BCUT2D eigenvalue weighted by molar-refractivity contribution is 9.10. The van der Waals surface area contributed by atoms with Crippen LogP contribution < -0.4 is 4.74 Å². The van der Waals surface area contributed by atoms with E-state index in [2.05, 4.69) is 15.9 Å². The Morgan fingerprint density at radius 3 is 2.71 bits per heavy atom. The van der Waals surface area contributed by atoms with Crippen molar-refractivity contribution in [1.82, 2.24) is 0 Å². The van der Waals surface area contributed by atoms with Crippen LogP contribution in [0.1, 0.15) is 11.1 Å². The Balaban J connectivity index is 2.24. The van der Waals surface area contributed by atoms with Gasteiger partial charge in [0.05, 0.1) is 0 Å². The summed E-state index contributed by atoms with van der Waals surface area (Å²) in [6.45, 7) is 1.83. The molecule has 2 aromatic rings. The molecule has 0 bridgehead atoms. The van der Waals surface area contributed by atoms with Crippen molar-refractivity contribution in [1.29, 1.82) is 0 Å². The van der Waals surface area contributed by atoms with Gasteiger partial charge in [-0.1, -0.05) is 22.0 Å². The molecule has 5 heteroatoms. The second-order valence-corrected chi connectivity index (χ2v) is 5.28. The van der Waals surface area contributed by atoms with E-state index in [0.29, 0.717) is 5.75 Å². The van der Waals surface area contributed by atoms with Crippen molar-refractivity contribution >= 4 is 28.0 Å². The summed E-state index contributed by atoms with van der Waals surface area (Å²) in [7, 11) is 0. The zero-order valence-corrected chi connectivity index (χ0v) is 12.7. The van der Waals surface area contributed by atoms with E-state index in [9.17, 15) is 9.18 Å². The Morgan fingerprint density at radius 1 is 1.29 bits per heavy atom. The second kappa shape index (κ2) is 6.54. The van der Waals surface area contributed by atoms with Crippen molar-refractivity contribution in [2.75, 3.05) is 0 Å². The maximum Gasteiger partial charge on any atom is 0.328 e. The highest BCUT2D eigenvalue weighted by Crippen LogP contribution is 2.28. The number of carboxylic acids is 1. The summed E-state index contributed by atoms with van der Waals surface area (Å²) < 4.78 is 19.8. The van der Waals surface area contributed by atoms with Crippen molar-refractivity contribution < 1.29 is 19.0 Å². The maximum atomic E-state index is 13.6. The van der Waals surface area contributed by atoms with Crippen LogP contribution in [0, 0.1) is 12.7 Å². The first-order valence-electron chi connectivity index (χ1n) is 6.10. The lowest BCUT2D eigenvalue weighted by Crippen LogP contribution is -1.91. The standard InChI is InChI=1S/C16H12BrFO3/c1-10-8-13(5-2-11(10)3-7-16(19)20)21-15-9-12(17)4-6-14(15)18/h2-9H,1H3,(H,19,20)/b7-3+. The minimum absolute atomic E-state index is 0.123. The molecule has 0 heterocycles. The molecular formula is C16H12BrFO3. The van der Waals surface area contributed by atoms with Crippen LogP contribution in [0.3, 0.4) is 0 Å². The lowest BCUT2D eigenvalue weighted by atomic mass is 10.1. The van der Waals surface area contributed by atoms with E-state index >= 15 is 0 Å². The van der Waals surface area contributed by atoms with Crippen molar-refractivity contribution in [3.8, 4) is 11.5 Å². The molecule has 0 saturated carbocycles. The molecule has 0 aliphatic carbocycles. The molecule has 2 aromatic carbocycles. The second-order valence-electron chi connectivity index (χ2n) is 4.37. The van der Waals surface area contributed by atoms with Crippen molar-refractivity contribution in [3.05, 3.63) is 63.9 Å². The monoisotopic (exact) mass is 350 g/mol. The molecule has 0 saturated heterocycles. The summed E-state index contributed by atoms with van der Waals surface area (Å²) in [5, 5.41) is 8.61. The lowest BCUT2D eigenvalue weighted by molar-refractivity contribution is -0.131. The van der Waals surface area contributed by atoms with Gasteiger partial charge in [-0.2, -0.15) is 0 Å². The Morgan fingerprint density at radius 2 is 2.05 bits per heavy atom. The van der Waals surface area contributed by atoms with E-state index in [4.69, 9.17) is 9.84 Å². The fraction of sp³-hybridized carbons (Fsp3) is 0.0625. The predicted molar refractivity (Wildman–Crippen MR) is 82.0 cm³/mol. The van der Waals surface area contributed by atoms with Gasteiger partial charge in [0.25, 0.3) is 0 Å². The number of aliphatic carboxylic acids is 1. The number of benzene rings is 2. The zero-order valence-electron chi connectivity index (χ0n) is 11.1. The topological polar surface area (TPSA) is 46.5 Å². The third kappa shape index (κ3) is 4.16. The number of carboxylic acid groups (broad SMARTS) is 1. The highest BCUT2D eigenvalue weighted by Gasteiger charge is 2.06. The first-order valence-corrected chi connectivity index (χ1v) is 6.89. The summed E-state index contributed by atoms with van der Waals surface area (Å²) in [4.78, 5) is 10.5. The number of ether oxygens (including phenoxy) is 1. The van der Waals surface area contributed by atoms with Gasteiger partial charge in [-0.25, -0.2) is 9.18 Å². The molecule has 0 amide bonds. The number of carbonyl (C=O) groups is 1. The van der Waals surface area contributed by atoms with Gasteiger partial charge in [-0.05, 0) is 54.5 Å². The molecule has 3 nitrogen and oxygen atoms in total. The average molecular weight is 351 g/mol. The van der Waals surface area contributed by atoms with Gasteiger partial charge >= 0.3 is 5.97 Å². The van der Waals surface area contributed by atoms with Crippen LogP contribution in [-0.4, -0.2) is 11.1 Å². The fourth-order valence-electron chi connectivity index (χ4n) is 1.74. The van der Waals surface area contributed by atoms with Gasteiger partial charge < -0.3 is 9.84 Å². The number of aryl methyl sites for hydroxylation is 1. The summed E-state index contributed by atoms with van der Waals surface area (Å²) in [5.41, 5.74) is 1.60. The van der Waals surface area contributed by atoms with E-state index in [1.165, 1.54) is 12.1 Å². The van der Waals surface area contributed by atoms with Crippen LogP contribution in [0.25, 0.3) is 6.08 Å². The molecule has 0 radical (unpaired) electrons. The van der Waals surface area contributed by atoms with Crippen molar-refractivity contribution in [2.45, 2.75) is 6.92 Å². The summed E-state index contributed by atoms with van der Waals surface area (Å²) >= 11 is 3.26. The minimum atomic E-state index is -1.01. The number of hydrogen-bond donors (Lipinski definition) is 1. The van der Waals surface area contributed by atoms with E-state index < -0.39 is 11.8 Å². The molecule has 0 aromatic heterocycles. The van der Waals surface area contributed by atoms with E-state index in [1.807, 2.05) is 6.92 Å². The van der Waals surface area contributed by atoms with Gasteiger partial charge in [0.1, 0.15) is 5.75 Å². The predicted octanol–water partition coefficient (Wildman–Crippen LogP) is 4.79. The SMILES string of the molecule is Cc1cc(Oc2cc(Br)ccc2F)ccc1/C=C/C(=O)O. The Kier molecular flexibility index (Phi) is 4.75. The summed E-state index contributed by atoms with van der Waals surface area (Å²) in [5.74, 6) is -0.855. The van der Waals surface area contributed by atoms with Crippen molar-refractivity contribution in [3.63, 3.8) is 0 Å². The number of hydrogen-bond acceptors (Lipinski definition) is 2. The molecule has 0 fully saturated rings. The molecule has 0 atom stereocenters. The molecule has 0 unspecified atom stereocenters. The van der Waals surface area contributed by atoms with Gasteiger partial charge in [0, 0.05) is 10.5 Å². The fourth-order valence-corrected chi connectivity index (χ4v) is 2.08. The normalized spacial score (nSPS) is 10.8. The molecule has 2 rings (SSSR count). The average Bonchev–Trinajstić information content (AvgIpc) is 2.42. The Labute approximate surface area is 129 Å². The Bertz CT molecular complexity index is 711. The summed E-state index contributed by atoms with van der Waals surface area (Å²) in [6.07, 6.45) is 2.57. The molecule has 1 N–H and O–H groups in total. The molecule has 0 aliphatic rings. The van der Waals surface area contributed by atoms with E-state index in [0.717, 1.165) is 21.7 Å². The molecular weight excluding hydrogens is 339 g/mol. The van der Waals surface area contributed by atoms with Crippen LogP contribution in [0.2, 0.25) is 0 Å². The maximum absolute atomic E-state index is 13.6. The number of rotatable bonds is 4. The lowest BCUT2D eigenvalue weighted by Gasteiger charge is -2.09. The smallest absolute Gasteiger partial charge is 0.328 e. The Hall–Kier alpha value is -2.14. The molecule has 0 aliphatic heterocycles. The third-order valence-corrected chi connectivity index (χ3v) is 3.26.